The lowest BCUT2D eigenvalue weighted by molar-refractivity contribution is -0.0884. The van der Waals surface area contributed by atoms with Gasteiger partial charge in [-0.25, -0.2) is 0 Å². The van der Waals surface area contributed by atoms with E-state index >= 15 is 0 Å². The van der Waals surface area contributed by atoms with Gasteiger partial charge in [-0.15, -0.1) is 0 Å². The van der Waals surface area contributed by atoms with E-state index in [2.05, 4.69) is 27.5 Å². The lowest BCUT2D eigenvalue weighted by Gasteiger charge is -2.07. The number of alkyl halides is 3. The van der Waals surface area contributed by atoms with Crippen molar-refractivity contribution >= 4 is 21.7 Å². The Bertz CT molecular complexity index is 397. The molecule has 0 aromatic carbocycles. The highest BCUT2D eigenvalue weighted by Crippen LogP contribution is 2.26. The number of aromatic nitrogens is 1. The number of hydrogen-bond donors (Lipinski definition) is 0. The number of rotatable bonds is 2. The first-order valence-electron chi connectivity index (χ1n) is 3.74. The second-order valence-corrected chi connectivity index (χ2v) is 3.58. The number of Topliss-reactive ketones (excluding diaryl/α,β-unsaturated/α-hetero) is 1. The minimum absolute atomic E-state index is 0.277. The van der Waals surface area contributed by atoms with Crippen molar-refractivity contribution < 1.29 is 18.0 Å². The van der Waals surface area contributed by atoms with Crippen molar-refractivity contribution in [1.82, 2.24) is 4.98 Å². The first kappa shape index (κ1) is 11.9. The van der Waals surface area contributed by atoms with Crippen LogP contribution in [0.4, 0.5) is 13.2 Å². The molecule has 0 saturated carbocycles. The molecule has 80 valence electrons. The Kier molecular flexibility index (Phi) is 3.28. The minimum Gasteiger partial charge on any atom is -0.287 e. The van der Waals surface area contributed by atoms with E-state index in [-0.39, 0.29) is 5.69 Å². The van der Waals surface area contributed by atoms with Crippen molar-refractivity contribution in [2.45, 2.75) is 6.18 Å². The van der Waals surface area contributed by atoms with Gasteiger partial charge in [-0.2, -0.15) is 13.2 Å². The van der Waals surface area contributed by atoms with Crippen LogP contribution in [0.15, 0.2) is 35.0 Å². The van der Waals surface area contributed by atoms with E-state index < -0.39 is 17.5 Å². The Hall–Kier alpha value is -1.17. The molecule has 1 aromatic heterocycles. The molecule has 1 heterocycles. The number of pyridine rings is 1. The van der Waals surface area contributed by atoms with E-state index in [1.54, 1.807) is 0 Å². The van der Waals surface area contributed by atoms with Crippen LogP contribution in [0.25, 0.3) is 0 Å². The third-order valence-electron chi connectivity index (χ3n) is 1.58. The summed E-state index contributed by atoms with van der Waals surface area (Å²) in [6, 6.07) is 2.63. The Balaban J connectivity index is 2.96. The van der Waals surface area contributed by atoms with Crippen LogP contribution in [0.5, 0.6) is 0 Å². The summed E-state index contributed by atoms with van der Waals surface area (Å²) in [5.41, 5.74) is -1.70. The van der Waals surface area contributed by atoms with Crippen molar-refractivity contribution in [1.29, 1.82) is 0 Å². The van der Waals surface area contributed by atoms with Gasteiger partial charge in [-0.1, -0.05) is 6.58 Å². The van der Waals surface area contributed by atoms with Gasteiger partial charge >= 0.3 is 6.18 Å². The van der Waals surface area contributed by atoms with Crippen LogP contribution >= 0.6 is 15.9 Å². The van der Waals surface area contributed by atoms with Gasteiger partial charge in [0.05, 0.1) is 5.57 Å². The zero-order valence-electron chi connectivity index (χ0n) is 7.31. The maximum absolute atomic E-state index is 12.1. The molecule has 0 fully saturated rings. The number of nitrogens with zero attached hydrogens (tertiary/aromatic N) is 1. The van der Waals surface area contributed by atoms with Gasteiger partial charge in [0.2, 0.25) is 5.78 Å². The fourth-order valence-corrected chi connectivity index (χ4v) is 1.03. The summed E-state index contributed by atoms with van der Waals surface area (Å²) in [7, 11) is 0. The molecular formula is C9H5BrF3NO. The van der Waals surface area contributed by atoms with Crippen LogP contribution in [0.3, 0.4) is 0 Å². The standard InChI is InChI=1S/C9H5BrF3NO/c1-5(9(11,12)13)8(15)7-3-2-6(10)4-14-7/h2-4H,1H2. The summed E-state index contributed by atoms with van der Waals surface area (Å²) >= 11 is 3.05. The van der Waals surface area contributed by atoms with Gasteiger partial charge in [-0.3, -0.25) is 9.78 Å². The molecule has 0 radical (unpaired) electrons. The molecule has 6 heteroatoms. The number of hydrogen-bond acceptors (Lipinski definition) is 2. The zero-order chi connectivity index (χ0) is 11.6. The van der Waals surface area contributed by atoms with Crippen LogP contribution in [-0.4, -0.2) is 16.9 Å². The quantitative estimate of drug-likeness (QED) is 0.615. The number of carbonyl (C=O) groups excluding carboxylic acids is 1. The Labute approximate surface area is 91.9 Å². The third kappa shape index (κ3) is 2.89. The lowest BCUT2D eigenvalue weighted by atomic mass is 10.1. The highest BCUT2D eigenvalue weighted by Gasteiger charge is 2.37. The van der Waals surface area contributed by atoms with Crippen LogP contribution in [0.1, 0.15) is 10.5 Å². The summed E-state index contributed by atoms with van der Waals surface area (Å²) in [5, 5.41) is 0. The first-order chi connectivity index (χ1) is 6.82. The average molecular weight is 280 g/mol. The highest BCUT2D eigenvalue weighted by atomic mass is 79.9. The fraction of sp³-hybridized carbons (Fsp3) is 0.111. The average Bonchev–Trinajstić information content (AvgIpc) is 2.15. The Morgan fingerprint density at radius 1 is 1.40 bits per heavy atom. The van der Waals surface area contributed by atoms with Crippen LogP contribution in [-0.2, 0) is 0 Å². The Morgan fingerprint density at radius 2 is 2.00 bits per heavy atom. The largest absolute Gasteiger partial charge is 0.419 e. The van der Waals surface area contributed by atoms with Crippen molar-refractivity contribution in [2.24, 2.45) is 0 Å². The topological polar surface area (TPSA) is 30.0 Å². The van der Waals surface area contributed by atoms with E-state index in [1.807, 2.05) is 0 Å². The number of halogens is 4. The number of allylic oxidation sites excluding steroid dienone is 1. The van der Waals surface area contributed by atoms with Crippen molar-refractivity contribution in [3.8, 4) is 0 Å². The predicted molar refractivity (Wildman–Crippen MR) is 51.5 cm³/mol. The van der Waals surface area contributed by atoms with Gasteiger partial charge in [0, 0.05) is 10.7 Å². The fourth-order valence-electron chi connectivity index (χ4n) is 0.793. The molecule has 2 nitrogen and oxygen atoms in total. The number of ketones is 1. The molecule has 0 amide bonds. The van der Waals surface area contributed by atoms with Gasteiger partial charge in [-0.05, 0) is 28.1 Å². The molecule has 0 aliphatic rings. The highest BCUT2D eigenvalue weighted by molar-refractivity contribution is 9.10. The van der Waals surface area contributed by atoms with Gasteiger partial charge in [0.25, 0.3) is 0 Å². The molecule has 1 rings (SSSR count). The molecular weight excluding hydrogens is 275 g/mol. The predicted octanol–water partition coefficient (Wildman–Crippen LogP) is 3.15. The molecule has 0 aliphatic carbocycles. The summed E-state index contributed by atoms with van der Waals surface area (Å²) in [4.78, 5) is 14.8. The van der Waals surface area contributed by atoms with Crippen LogP contribution in [0.2, 0.25) is 0 Å². The van der Waals surface area contributed by atoms with Gasteiger partial charge in [0.1, 0.15) is 5.69 Å². The summed E-state index contributed by atoms with van der Waals surface area (Å²) in [6.07, 6.45) is -3.47. The SMILES string of the molecule is C=C(C(=O)c1ccc(Br)cn1)C(F)(F)F. The molecule has 15 heavy (non-hydrogen) atoms. The molecule has 0 unspecified atom stereocenters. The maximum Gasteiger partial charge on any atom is 0.419 e. The summed E-state index contributed by atoms with van der Waals surface area (Å²) < 4.78 is 36.9. The lowest BCUT2D eigenvalue weighted by Crippen LogP contribution is -2.19. The zero-order valence-corrected chi connectivity index (χ0v) is 8.89. The van der Waals surface area contributed by atoms with Crippen molar-refractivity contribution in [3.05, 3.63) is 40.6 Å². The molecule has 0 saturated heterocycles. The monoisotopic (exact) mass is 279 g/mol. The molecule has 1 aromatic rings. The van der Waals surface area contributed by atoms with Crippen LogP contribution in [0, 0.1) is 0 Å². The normalized spacial score (nSPS) is 11.2. The second kappa shape index (κ2) is 4.14. The third-order valence-corrected chi connectivity index (χ3v) is 2.05. The van der Waals surface area contributed by atoms with E-state index in [0.29, 0.717) is 4.47 Å². The molecule has 0 aliphatic heterocycles. The van der Waals surface area contributed by atoms with Crippen molar-refractivity contribution in [3.63, 3.8) is 0 Å². The molecule has 0 atom stereocenters. The van der Waals surface area contributed by atoms with Crippen LogP contribution < -0.4 is 0 Å². The minimum atomic E-state index is -4.72. The summed E-state index contributed by atoms with van der Waals surface area (Å²) in [5.74, 6) is -1.21. The van der Waals surface area contributed by atoms with E-state index in [1.165, 1.54) is 18.3 Å². The Morgan fingerprint density at radius 3 is 2.40 bits per heavy atom. The van der Waals surface area contributed by atoms with E-state index in [4.69, 9.17) is 0 Å². The van der Waals surface area contributed by atoms with E-state index in [9.17, 15) is 18.0 Å². The van der Waals surface area contributed by atoms with Gasteiger partial charge < -0.3 is 0 Å². The summed E-state index contributed by atoms with van der Waals surface area (Å²) in [6.45, 7) is 2.70. The first-order valence-corrected chi connectivity index (χ1v) is 4.54. The van der Waals surface area contributed by atoms with Gasteiger partial charge in [0.15, 0.2) is 0 Å². The maximum atomic E-state index is 12.1. The van der Waals surface area contributed by atoms with E-state index in [0.717, 1.165) is 0 Å². The smallest absolute Gasteiger partial charge is 0.287 e. The molecule has 0 bridgehead atoms. The number of carbonyl (C=O) groups is 1. The van der Waals surface area contributed by atoms with Crippen molar-refractivity contribution in [2.75, 3.05) is 0 Å². The second-order valence-electron chi connectivity index (χ2n) is 2.67. The molecule has 0 spiro atoms. The molecule has 0 N–H and O–H groups in total.